The highest BCUT2D eigenvalue weighted by molar-refractivity contribution is 6.00. The fourth-order valence-corrected chi connectivity index (χ4v) is 2.34. The zero-order valence-corrected chi connectivity index (χ0v) is 23.7. The number of hydrogen-bond acceptors (Lipinski definition) is 4. The van der Waals surface area contributed by atoms with Gasteiger partial charge >= 0.3 is 0 Å². The number of H-pyrrole nitrogens is 1. The fourth-order valence-electron chi connectivity index (χ4n) is 2.34. The molecular formula is C25H54N6O2. The van der Waals surface area contributed by atoms with Crippen LogP contribution in [-0.2, 0) is 9.53 Å². The number of carbonyl (C=O) groups is 1. The van der Waals surface area contributed by atoms with Crippen LogP contribution < -0.4 is 11.1 Å². The molecule has 1 atom stereocenters. The Morgan fingerprint density at radius 2 is 1.70 bits per heavy atom. The van der Waals surface area contributed by atoms with E-state index < -0.39 is 0 Å². The van der Waals surface area contributed by atoms with Gasteiger partial charge in [-0.1, -0.05) is 41.5 Å². The van der Waals surface area contributed by atoms with E-state index in [-0.39, 0.29) is 5.60 Å². The van der Waals surface area contributed by atoms with Crippen molar-refractivity contribution in [2.24, 2.45) is 10.7 Å². The summed E-state index contributed by atoms with van der Waals surface area (Å²) in [7, 11) is 5.46. The Morgan fingerprint density at radius 1 is 1.24 bits per heavy atom. The summed E-state index contributed by atoms with van der Waals surface area (Å²) in [6, 6.07) is 2.04. The van der Waals surface area contributed by atoms with E-state index in [0.717, 1.165) is 49.2 Å². The van der Waals surface area contributed by atoms with Gasteiger partial charge in [0.2, 0.25) is 6.41 Å². The summed E-state index contributed by atoms with van der Waals surface area (Å²) in [6.45, 7) is 21.6. The number of amides is 1. The highest BCUT2D eigenvalue weighted by atomic mass is 16.5. The number of aryl methyl sites for hydroxylation is 1. The number of amidine groups is 1. The Balaban J connectivity index is -0.000000234. The number of aromatic amines is 1. The molecule has 0 spiro atoms. The van der Waals surface area contributed by atoms with E-state index in [1.807, 2.05) is 89.4 Å². The molecule has 1 aliphatic heterocycles. The molecule has 1 unspecified atom stereocenters. The molecule has 5 N–H and O–H groups in total. The van der Waals surface area contributed by atoms with Gasteiger partial charge in [0.1, 0.15) is 12.2 Å². The first kappa shape index (κ1) is 38.1. The number of ether oxygens (including phenoxy) is 1. The van der Waals surface area contributed by atoms with Gasteiger partial charge in [-0.05, 0) is 59.8 Å². The number of nitrogens with two attached hydrogens (primary N) is 1. The van der Waals surface area contributed by atoms with Crippen LogP contribution >= 0.6 is 0 Å². The zero-order chi connectivity index (χ0) is 27.0. The second-order valence-corrected chi connectivity index (χ2v) is 7.33. The number of aromatic nitrogens is 1. The van der Waals surface area contributed by atoms with Gasteiger partial charge in [0, 0.05) is 31.8 Å². The molecule has 0 aliphatic carbocycles. The fraction of sp³-hybridized carbons (Fsp3) is 0.720. The molecule has 0 saturated carbocycles. The average molecular weight is 471 g/mol. The van der Waals surface area contributed by atoms with Crippen LogP contribution in [0.3, 0.4) is 0 Å². The lowest BCUT2D eigenvalue weighted by molar-refractivity contribution is -0.117. The maximum absolute atomic E-state index is 10.7. The summed E-state index contributed by atoms with van der Waals surface area (Å²) in [6.07, 6.45) is 2.78. The number of rotatable bonds is 4. The summed E-state index contributed by atoms with van der Waals surface area (Å²) < 4.78 is 4.94. The van der Waals surface area contributed by atoms with E-state index in [1.165, 1.54) is 0 Å². The van der Waals surface area contributed by atoms with Crippen molar-refractivity contribution in [1.82, 2.24) is 15.2 Å². The van der Waals surface area contributed by atoms with Crippen molar-refractivity contribution in [3.8, 4) is 0 Å². The lowest BCUT2D eigenvalue weighted by Crippen LogP contribution is -2.18. The minimum absolute atomic E-state index is 0.0417. The topological polar surface area (TPSA) is 120 Å². The number of methoxy groups -OCH3 is 1. The van der Waals surface area contributed by atoms with Crippen LogP contribution in [0.4, 0.5) is 0 Å². The SMILES string of the molecule is CC.CC.CC.CNC.COC(C)(C)C.Cc1cc(C2CCN(C=O)C2)[nH]c1C(N)=NC=N. The summed E-state index contributed by atoms with van der Waals surface area (Å²) >= 11 is 0. The number of likely N-dealkylation sites (tertiary alicyclic amines) is 1. The highest BCUT2D eigenvalue weighted by Crippen LogP contribution is 2.27. The third-order valence-electron chi connectivity index (χ3n) is 3.92. The van der Waals surface area contributed by atoms with E-state index >= 15 is 0 Å². The quantitative estimate of drug-likeness (QED) is 0.283. The molecule has 1 fully saturated rings. The molecule has 0 bridgehead atoms. The van der Waals surface area contributed by atoms with E-state index in [2.05, 4.69) is 15.3 Å². The Labute approximate surface area is 204 Å². The van der Waals surface area contributed by atoms with Crippen molar-refractivity contribution < 1.29 is 9.53 Å². The predicted molar refractivity (Wildman–Crippen MR) is 146 cm³/mol. The number of carbonyl (C=O) groups excluding carboxylic acids is 1. The summed E-state index contributed by atoms with van der Waals surface area (Å²) in [4.78, 5) is 19.5. The predicted octanol–water partition coefficient (Wildman–Crippen LogP) is 4.93. The minimum Gasteiger partial charge on any atom is -0.382 e. The van der Waals surface area contributed by atoms with Crippen LogP contribution in [0.15, 0.2) is 11.1 Å². The van der Waals surface area contributed by atoms with Crippen LogP contribution in [-0.4, -0.2) is 68.4 Å². The summed E-state index contributed by atoms with van der Waals surface area (Å²) in [5.41, 5.74) is 8.67. The molecule has 1 aromatic rings. The monoisotopic (exact) mass is 470 g/mol. The Hall–Kier alpha value is -2.19. The van der Waals surface area contributed by atoms with E-state index in [9.17, 15) is 4.79 Å². The summed E-state index contributed by atoms with van der Waals surface area (Å²) in [5, 5.41) is 9.68. The molecule has 1 aliphatic rings. The molecule has 2 heterocycles. The molecule has 1 aromatic heterocycles. The lowest BCUT2D eigenvalue weighted by atomic mass is 10.1. The van der Waals surface area contributed by atoms with Crippen molar-refractivity contribution in [3.05, 3.63) is 23.0 Å². The molecule has 2 rings (SSSR count). The average Bonchev–Trinajstić information content (AvgIpc) is 3.45. The van der Waals surface area contributed by atoms with Crippen molar-refractivity contribution in [2.75, 3.05) is 34.3 Å². The summed E-state index contributed by atoms with van der Waals surface area (Å²) in [5.74, 6) is 0.648. The molecule has 8 nitrogen and oxygen atoms in total. The van der Waals surface area contributed by atoms with Gasteiger partial charge in [-0.15, -0.1) is 0 Å². The molecule has 0 radical (unpaired) electrons. The third-order valence-corrected chi connectivity index (χ3v) is 3.92. The minimum atomic E-state index is 0.0417. The van der Waals surface area contributed by atoms with E-state index in [4.69, 9.17) is 15.9 Å². The number of aliphatic imine (C=N–C) groups is 1. The number of nitrogens with one attached hydrogen (secondary N) is 3. The van der Waals surface area contributed by atoms with Gasteiger partial charge in [-0.25, -0.2) is 4.99 Å². The molecule has 0 aromatic carbocycles. The van der Waals surface area contributed by atoms with E-state index in [1.54, 1.807) is 12.0 Å². The standard InChI is InChI=1S/C12H17N5O.C5H12O.C2H7N.3C2H6/c1-8-4-10(9-2-3-17(5-9)7-18)16-11(8)12(14)15-6-13;1-5(2,3)6-4;1-3-2;3*1-2/h4,6-7,9,16H,2-3,5H2,1H3,(H3,13,14,15);1-4H3;3H,1-2H3;3*1-2H3. The van der Waals surface area contributed by atoms with Gasteiger partial charge in [0.15, 0.2) is 0 Å². The first-order valence-electron chi connectivity index (χ1n) is 12.0. The smallest absolute Gasteiger partial charge is 0.209 e. The molecular weight excluding hydrogens is 416 g/mol. The number of hydrogen-bond donors (Lipinski definition) is 4. The zero-order valence-electron chi connectivity index (χ0n) is 23.7. The van der Waals surface area contributed by atoms with Gasteiger partial charge in [-0.2, -0.15) is 0 Å². The normalized spacial score (nSPS) is 14.3. The van der Waals surface area contributed by atoms with Crippen molar-refractivity contribution in [3.63, 3.8) is 0 Å². The van der Waals surface area contributed by atoms with Crippen LogP contribution in [0.5, 0.6) is 0 Å². The molecule has 33 heavy (non-hydrogen) atoms. The van der Waals surface area contributed by atoms with E-state index in [0.29, 0.717) is 11.8 Å². The Morgan fingerprint density at radius 3 is 2.03 bits per heavy atom. The van der Waals surface area contributed by atoms with Crippen LogP contribution in [0.25, 0.3) is 0 Å². The van der Waals surface area contributed by atoms with Crippen molar-refractivity contribution in [2.45, 2.75) is 87.2 Å². The van der Waals surface area contributed by atoms with Crippen molar-refractivity contribution >= 4 is 18.6 Å². The third kappa shape index (κ3) is 19.0. The lowest BCUT2D eigenvalue weighted by Gasteiger charge is -2.14. The maximum Gasteiger partial charge on any atom is 0.209 e. The van der Waals surface area contributed by atoms with Crippen LogP contribution in [0, 0.1) is 12.3 Å². The van der Waals surface area contributed by atoms with Gasteiger partial charge in [0.25, 0.3) is 0 Å². The largest absolute Gasteiger partial charge is 0.382 e. The Kier molecular flexibility index (Phi) is 28.2. The maximum atomic E-state index is 10.7. The van der Waals surface area contributed by atoms with Gasteiger partial charge in [-0.3, -0.25) is 10.2 Å². The van der Waals surface area contributed by atoms with Crippen LogP contribution in [0.2, 0.25) is 0 Å². The Bertz CT molecular complexity index is 607. The second kappa shape index (κ2) is 24.5. The van der Waals surface area contributed by atoms with Gasteiger partial charge < -0.3 is 25.7 Å². The number of nitrogens with zero attached hydrogens (tertiary/aromatic N) is 2. The second-order valence-electron chi connectivity index (χ2n) is 7.33. The van der Waals surface area contributed by atoms with Gasteiger partial charge in [0.05, 0.1) is 11.3 Å². The molecule has 196 valence electrons. The molecule has 1 amide bonds. The first-order valence-corrected chi connectivity index (χ1v) is 12.0. The first-order chi connectivity index (χ1) is 15.6. The van der Waals surface area contributed by atoms with Crippen molar-refractivity contribution in [1.29, 1.82) is 5.41 Å². The highest BCUT2D eigenvalue weighted by Gasteiger charge is 2.24. The van der Waals surface area contributed by atoms with Crippen LogP contribution in [0.1, 0.15) is 91.6 Å². The molecule has 1 saturated heterocycles. The molecule has 8 heteroatoms.